The fourth-order valence-corrected chi connectivity index (χ4v) is 2.36. The number of nitrogens with one attached hydrogen (secondary N) is 1. The number of hydrogen-bond donors (Lipinski definition) is 1. The molecule has 0 heterocycles. The Morgan fingerprint density at radius 2 is 1.48 bits per heavy atom. The number of allylic oxidation sites excluding steroid dienone is 11. The molecule has 0 bridgehead atoms. The Morgan fingerprint density at radius 1 is 0.840 bits per heavy atom. The molecule has 0 unspecified atom stereocenters. The summed E-state index contributed by atoms with van der Waals surface area (Å²) in [5.41, 5.74) is 4.92. The van der Waals surface area contributed by atoms with Crippen LogP contribution in [0.4, 0.5) is 0 Å². The highest BCUT2D eigenvalue weighted by Gasteiger charge is 2.02. The average molecular weight is 331 g/mol. The molecule has 0 atom stereocenters. The lowest BCUT2D eigenvalue weighted by Gasteiger charge is -1.99. The van der Waals surface area contributed by atoms with Gasteiger partial charge in [-0.1, -0.05) is 66.8 Å². The second-order valence-corrected chi connectivity index (χ2v) is 6.05. The van der Waals surface area contributed by atoms with E-state index in [0.717, 1.165) is 6.54 Å². The van der Waals surface area contributed by atoms with Gasteiger partial charge in [0.25, 0.3) is 0 Å². The van der Waals surface area contributed by atoms with E-state index >= 15 is 0 Å². The summed E-state index contributed by atoms with van der Waals surface area (Å²) in [4.78, 5) is 0. The summed E-state index contributed by atoms with van der Waals surface area (Å²) in [6.07, 6.45) is 23.0. The zero-order chi connectivity index (χ0) is 17.9. The van der Waals surface area contributed by atoms with Gasteiger partial charge in [-0.3, -0.25) is 0 Å². The monoisotopic (exact) mass is 331 g/mol. The van der Waals surface area contributed by atoms with Gasteiger partial charge in [-0.15, -0.1) is 0 Å². The van der Waals surface area contributed by atoms with Crippen LogP contribution >= 0.6 is 0 Å². The molecule has 1 aliphatic carbocycles. The number of hydrogen-bond acceptors (Lipinski definition) is 1. The molecule has 0 fully saturated rings. The Kier molecular flexibility index (Phi) is 7.61. The molecule has 0 radical (unpaired) electrons. The van der Waals surface area contributed by atoms with E-state index in [0.29, 0.717) is 0 Å². The zero-order valence-corrected chi connectivity index (χ0v) is 15.3. The zero-order valence-electron chi connectivity index (χ0n) is 15.3. The number of rotatable bonds is 6. The first-order valence-corrected chi connectivity index (χ1v) is 8.55. The molecule has 1 aromatic rings. The molecule has 0 aliphatic heterocycles. The average Bonchev–Trinajstić information content (AvgIpc) is 2.63. The molecular formula is C23H27N2+. The van der Waals surface area contributed by atoms with Crippen molar-refractivity contribution in [1.82, 2.24) is 5.32 Å². The van der Waals surface area contributed by atoms with Crippen molar-refractivity contribution in [1.29, 1.82) is 0 Å². The van der Waals surface area contributed by atoms with Gasteiger partial charge in [0.05, 0.1) is 0 Å². The Morgan fingerprint density at radius 3 is 2.12 bits per heavy atom. The molecule has 0 saturated heterocycles. The van der Waals surface area contributed by atoms with Gasteiger partial charge in [-0.2, -0.15) is 0 Å². The van der Waals surface area contributed by atoms with Crippen molar-refractivity contribution in [2.75, 3.05) is 21.1 Å². The Balaban J connectivity index is 1.82. The maximum Gasteiger partial charge on any atom is 0.199 e. The van der Waals surface area contributed by atoms with Gasteiger partial charge in [0.2, 0.25) is 0 Å². The SMILES string of the molecule is CNCc1ccc(C=CC=CC=CC=C2C=CC(=[N+](C)C)C=C2)cc1. The third-order valence-electron chi connectivity index (χ3n) is 3.79. The van der Waals surface area contributed by atoms with E-state index in [-0.39, 0.29) is 0 Å². The minimum absolute atomic E-state index is 0.906. The lowest BCUT2D eigenvalue weighted by molar-refractivity contribution is -0.462. The molecule has 2 nitrogen and oxygen atoms in total. The molecule has 128 valence electrons. The Bertz CT molecular complexity index is 745. The summed E-state index contributed by atoms with van der Waals surface area (Å²) in [5, 5.41) is 3.15. The summed E-state index contributed by atoms with van der Waals surface area (Å²) >= 11 is 0. The minimum Gasteiger partial charge on any atom is -0.316 e. The lowest BCUT2D eigenvalue weighted by Crippen LogP contribution is -2.09. The molecule has 0 amide bonds. The van der Waals surface area contributed by atoms with Gasteiger partial charge in [-0.25, -0.2) is 4.58 Å². The largest absolute Gasteiger partial charge is 0.316 e. The number of benzene rings is 1. The van der Waals surface area contributed by atoms with Gasteiger partial charge >= 0.3 is 0 Å². The van der Waals surface area contributed by atoms with Crippen LogP contribution in [0.2, 0.25) is 0 Å². The summed E-state index contributed by atoms with van der Waals surface area (Å²) < 4.78 is 2.10. The molecule has 25 heavy (non-hydrogen) atoms. The van der Waals surface area contributed by atoms with Gasteiger partial charge < -0.3 is 5.32 Å². The normalized spacial score (nSPS) is 14.4. The van der Waals surface area contributed by atoms with Crippen molar-refractivity contribution in [2.45, 2.75) is 6.54 Å². The van der Waals surface area contributed by atoms with Crippen LogP contribution in [0.15, 0.2) is 90.6 Å². The van der Waals surface area contributed by atoms with Crippen LogP contribution in [-0.2, 0) is 6.54 Å². The van der Waals surface area contributed by atoms with Gasteiger partial charge in [0.1, 0.15) is 14.1 Å². The first kappa shape index (κ1) is 18.6. The van der Waals surface area contributed by atoms with Gasteiger partial charge in [-0.05, 0) is 35.9 Å². The van der Waals surface area contributed by atoms with Gasteiger partial charge in [0.15, 0.2) is 5.71 Å². The third kappa shape index (κ3) is 6.74. The maximum absolute atomic E-state index is 3.15. The molecule has 0 aromatic heterocycles. The highest BCUT2D eigenvalue weighted by atomic mass is 14.9. The summed E-state index contributed by atoms with van der Waals surface area (Å²) in [5.74, 6) is 0. The lowest BCUT2D eigenvalue weighted by atomic mass is 10.1. The van der Waals surface area contributed by atoms with Crippen LogP contribution in [0.1, 0.15) is 11.1 Å². The second kappa shape index (κ2) is 10.2. The van der Waals surface area contributed by atoms with E-state index in [9.17, 15) is 0 Å². The van der Waals surface area contributed by atoms with Crippen molar-refractivity contribution in [3.63, 3.8) is 0 Å². The molecule has 1 N–H and O–H groups in total. The smallest absolute Gasteiger partial charge is 0.199 e. The van der Waals surface area contributed by atoms with E-state index in [2.05, 4.69) is 82.8 Å². The topological polar surface area (TPSA) is 15.0 Å². The van der Waals surface area contributed by atoms with Gasteiger partial charge in [0, 0.05) is 18.7 Å². The summed E-state index contributed by atoms with van der Waals surface area (Å²) in [6.45, 7) is 0.906. The van der Waals surface area contributed by atoms with Crippen LogP contribution in [0.3, 0.4) is 0 Å². The summed E-state index contributed by atoms with van der Waals surface area (Å²) in [7, 11) is 6.06. The van der Waals surface area contributed by atoms with Crippen LogP contribution < -0.4 is 5.32 Å². The molecule has 1 aromatic carbocycles. The molecule has 1 aliphatic rings. The number of nitrogens with zero attached hydrogens (tertiary/aromatic N) is 1. The molecule has 0 saturated carbocycles. The predicted octanol–water partition coefficient (Wildman–Crippen LogP) is 4.30. The third-order valence-corrected chi connectivity index (χ3v) is 3.79. The maximum atomic E-state index is 3.15. The van der Waals surface area contributed by atoms with E-state index < -0.39 is 0 Å². The van der Waals surface area contributed by atoms with E-state index in [1.54, 1.807) is 0 Å². The van der Waals surface area contributed by atoms with Crippen molar-refractivity contribution in [3.8, 4) is 0 Å². The first-order valence-electron chi connectivity index (χ1n) is 8.55. The molecule has 0 spiro atoms. The quantitative estimate of drug-likeness (QED) is 0.607. The van der Waals surface area contributed by atoms with E-state index in [1.807, 2.05) is 39.4 Å². The van der Waals surface area contributed by atoms with Crippen molar-refractivity contribution in [3.05, 3.63) is 102 Å². The molecular weight excluding hydrogens is 304 g/mol. The summed E-state index contributed by atoms with van der Waals surface area (Å²) in [6, 6.07) is 8.57. The molecule has 2 rings (SSSR count). The fourth-order valence-electron chi connectivity index (χ4n) is 2.36. The molecule has 2 heteroatoms. The van der Waals surface area contributed by atoms with Crippen LogP contribution in [0, 0.1) is 0 Å². The van der Waals surface area contributed by atoms with E-state index in [1.165, 1.54) is 22.4 Å². The van der Waals surface area contributed by atoms with E-state index in [4.69, 9.17) is 0 Å². The highest BCUT2D eigenvalue weighted by molar-refractivity contribution is 6.02. The van der Waals surface area contributed by atoms with Crippen LogP contribution in [0.5, 0.6) is 0 Å². The van der Waals surface area contributed by atoms with Crippen LogP contribution in [0.25, 0.3) is 6.08 Å². The van der Waals surface area contributed by atoms with Crippen LogP contribution in [-0.4, -0.2) is 31.4 Å². The highest BCUT2D eigenvalue weighted by Crippen LogP contribution is 2.07. The minimum atomic E-state index is 0.906. The van der Waals surface area contributed by atoms with Crippen molar-refractivity contribution in [2.24, 2.45) is 0 Å². The predicted molar refractivity (Wildman–Crippen MR) is 110 cm³/mol. The Hall–Kier alpha value is -2.71. The second-order valence-electron chi connectivity index (χ2n) is 6.05. The first-order chi connectivity index (χ1) is 12.2. The Labute approximate surface area is 151 Å². The van der Waals surface area contributed by atoms with Crippen molar-refractivity contribution >= 4 is 11.8 Å². The van der Waals surface area contributed by atoms with Crippen molar-refractivity contribution < 1.29 is 4.58 Å². The standard InChI is InChI=1S/C23H27N2/c1-24-19-22-13-11-20(12-14-22)9-7-5-4-6-8-10-21-15-17-23(18-16-21)25(2)3/h4-18,24H,19H2,1-3H3/q+1. The fraction of sp³-hybridized carbons (Fsp3) is 0.174.